The van der Waals surface area contributed by atoms with Crippen LogP contribution in [0.25, 0.3) is 0 Å². The molecular weight excluding hydrogens is 457 g/mol. The van der Waals surface area contributed by atoms with Gasteiger partial charge in [0.25, 0.3) is 0 Å². The second-order valence-electron chi connectivity index (χ2n) is 7.84. The first-order chi connectivity index (χ1) is 15.6. The summed E-state index contributed by atoms with van der Waals surface area (Å²) in [6, 6.07) is 12.1. The fourth-order valence-corrected chi connectivity index (χ4v) is 3.58. The summed E-state index contributed by atoms with van der Waals surface area (Å²) in [4.78, 5) is 25.2. The Bertz CT molecular complexity index is 903. The van der Waals surface area contributed by atoms with Crippen molar-refractivity contribution < 1.29 is 27.9 Å². The molecule has 2 aromatic carbocycles. The number of amides is 1. The van der Waals surface area contributed by atoms with E-state index in [9.17, 15) is 22.8 Å². The lowest BCUT2D eigenvalue weighted by molar-refractivity contribution is -0.138. The Morgan fingerprint density at radius 2 is 1.64 bits per heavy atom. The summed E-state index contributed by atoms with van der Waals surface area (Å²) < 4.78 is 37.9. The van der Waals surface area contributed by atoms with E-state index >= 15 is 0 Å². The summed E-state index contributed by atoms with van der Waals surface area (Å²) in [6.45, 7) is 3.68. The van der Waals surface area contributed by atoms with Gasteiger partial charge in [-0.25, -0.2) is 0 Å². The third-order valence-corrected chi connectivity index (χ3v) is 5.58. The molecule has 0 aliphatic rings. The zero-order chi connectivity index (χ0) is 24.4. The molecule has 0 aromatic heterocycles. The third kappa shape index (κ3) is 9.43. The molecular formula is C24H28ClF3N2O3. The van der Waals surface area contributed by atoms with Crippen LogP contribution in [0.4, 0.5) is 13.2 Å². The van der Waals surface area contributed by atoms with Gasteiger partial charge in [-0.2, -0.15) is 13.2 Å². The summed E-state index contributed by atoms with van der Waals surface area (Å²) in [5.41, 5.74) is 0.817. The van der Waals surface area contributed by atoms with E-state index in [1.54, 1.807) is 0 Å². The molecule has 1 atom stereocenters. The molecule has 33 heavy (non-hydrogen) atoms. The van der Waals surface area contributed by atoms with E-state index in [2.05, 4.69) is 10.2 Å². The zero-order valence-corrected chi connectivity index (χ0v) is 19.1. The van der Waals surface area contributed by atoms with Crippen LogP contribution in [-0.2, 0) is 22.2 Å². The number of hydrogen-bond donors (Lipinski definition) is 2. The van der Waals surface area contributed by atoms with E-state index in [0.717, 1.165) is 17.7 Å². The van der Waals surface area contributed by atoms with Crippen LogP contribution in [0, 0.1) is 0 Å². The zero-order valence-electron chi connectivity index (χ0n) is 18.4. The van der Waals surface area contributed by atoms with Gasteiger partial charge in [0.15, 0.2) is 0 Å². The number of halogens is 4. The van der Waals surface area contributed by atoms with Gasteiger partial charge in [0, 0.05) is 30.6 Å². The van der Waals surface area contributed by atoms with Crippen LogP contribution in [-0.4, -0.2) is 41.5 Å². The lowest BCUT2D eigenvalue weighted by Crippen LogP contribution is -2.33. The van der Waals surface area contributed by atoms with E-state index in [-0.39, 0.29) is 24.8 Å². The number of nitrogens with one attached hydrogen (secondary N) is 1. The standard InChI is InChI=1S/C24H28ClF3N2O3/c1-17(19-7-11-21(25)12-8-19)30(14-2-4-23(32)33)15-3-13-29-22(31)16-18-5-9-20(10-6-18)24(26,27)28/h5-12,17H,2-4,13-16H2,1H3,(H,29,31)(H,32,33). The first kappa shape index (κ1) is 26.7. The highest BCUT2D eigenvalue weighted by Crippen LogP contribution is 2.29. The summed E-state index contributed by atoms with van der Waals surface area (Å²) in [7, 11) is 0. The van der Waals surface area contributed by atoms with Crippen molar-refractivity contribution in [3.63, 3.8) is 0 Å². The minimum atomic E-state index is -4.40. The molecule has 1 amide bonds. The Labute approximate surface area is 196 Å². The second kappa shape index (κ2) is 12.6. The van der Waals surface area contributed by atoms with Gasteiger partial charge in [-0.1, -0.05) is 35.9 Å². The number of aliphatic carboxylic acids is 1. The van der Waals surface area contributed by atoms with Crippen LogP contribution < -0.4 is 5.32 Å². The number of carboxylic acids is 1. The van der Waals surface area contributed by atoms with Gasteiger partial charge in [0.05, 0.1) is 12.0 Å². The SMILES string of the molecule is CC(c1ccc(Cl)cc1)N(CCCNC(=O)Cc1ccc(C(F)(F)F)cc1)CCCC(=O)O. The van der Waals surface area contributed by atoms with Crippen LogP contribution in [0.3, 0.4) is 0 Å². The highest BCUT2D eigenvalue weighted by Gasteiger charge is 2.30. The average Bonchev–Trinajstić information content (AvgIpc) is 2.75. The average molecular weight is 485 g/mol. The van der Waals surface area contributed by atoms with Gasteiger partial charge in [0.2, 0.25) is 5.91 Å². The quantitative estimate of drug-likeness (QED) is 0.399. The van der Waals surface area contributed by atoms with Gasteiger partial charge >= 0.3 is 12.1 Å². The third-order valence-electron chi connectivity index (χ3n) is 5.33. The smallest absolute Gasteiger partial charge is 0.416 e. The van der Waals surface area contributed by atoms with E-state index in [0.29, 0.717) is 43.1 Å². The number of carbonyl (C=O) groups is 2. The van der Waals surface area contributed by atoms with Crippen LogP contribution >= 0.6 is 11.6 Å². The van der Waals surface area contributed by atoms with Gasteiger partial charge < -0.3 is 10.4 Å². The molecule has 5 nitrogen and oxygen atoms in total. The molecule has 0 aliphatic carbocycles. The molecule has 180 valence electrons. The predicted octanol–water partition coefficient (Wildman–Crippen LogP) is 5.34. The summed E-state index contributed by atoms with van der Waals surface area (Å²) in [5, 5.41) is 12.4. The van der Waals surface area contributed by atoms with Gasteiger partial charge in [-0.05, 0) is 61.7 Å². The number of hydrogen-bond acceptors (Lipinski definition) is 3. The van der Waals surface area contributed by atoms with Crippen molar-refractivity contribution in [3.8, 4) is 0 Å². The molecule has 2 rings (SSSR count). The van der Waals surface area contributed by atoms with E-state index < -0.39 is 17.7 Å². The molecule has 0 radical (unpaired) electrons. The molecule has 2 aromatic rings. The van der Waals surface area contributed by atoms with Crippen molar-refractivity contribution >= 4 is 23.5 Å². The molecule has 0 fully saturated rings. The number of carbonyl (C=O) groups excluding carboxylic acids is 1. The van der Waals surface area contributed by atoms with Crippen molar-refractivity contribution in [1.82, 2.24) is 10.2 Å². The molecule has 0 saturated carbocycles. The topological polar surface area (TPSA) is 69.6 Å². The van der Waals surface area contributed by atoms with Gasteiger partial charge in [-0.3, -0.25) is 14.5 Å². The molecule has 1 unspecified atom stereocenters. The molecule has 9 heteroatoms. The number of benzene rings is 2. The fourth-order valence-electron chi connectivity index (χ4n) is 3.45. The Morgan fingerprint density at radius 3 is 2.21 bits per heavy atom. The number of carboxylic acid groups (broad SMARTS) is 1. The highest BCUT2D eigenvalue weighted by atomic mass is 35.5. The van der Waals surface area contributed by atoms with Crippen molar-refractivity contribution in [3.05, 3.63) is 70.2 Å². The summed E-state index contributed by atoms with van der Waals surface area (Å²) in [6.07, 6.45) is -3.17. The Kier molecular flexibility index (Phi) is 10.2. The minimum absolute atomic E-state index is 0.00163. The van der Waals surface area contributed by atoms with Gasteiger partial charge in [-0.15, -0.1) is 0 Å². The molecule has 0 bridgehead atoms. The van der Waals surface area contributed by atoms with E-state index in [1.165, 1.54) is 12.1 Å². The van der Waals surface area contributed by atoms with Crippen molar-refractivity contribution in [2.24, 2.45) is 0 Å². The highest BCUT2D eigenvalue weighted by molar-refractivity contribution is 6.30. The maximum atomic E-state index is 12.6. The van der Waals surface area contributed by atoms with Crippen LogP contribution in [0.15, 0.2) is 48.5 Å². The monoisotopic (exact) mass is 484 g/mol. The second-order valence-corrected chi connectivity index (χ2v) is 8.27. The molecule has 2 N–H and O–H groups in total. The summed E-state index contributed by atoms with van der Waals surface area (Å²) >= 11 is 5.96. The predicted molar refractivity (Wildman–Crippen MR) is 121 cm³/mol. The lowest BCUT2D eigenvalue weighted by atomic mass is 10.1. The van der Waals surface area contributed by atoms with E-state index in [1.807, 2.05) is 31.2 Å². The van der Waals surface area contributed by atoms with Crippen molar-refractivity contribution in [1.29, 1.82) is 0 Å². The minimum Gasteiger partial charge on any atom is -0.481 e. The Balaban J connectivity index is 1.84. The normalized spacial score (nSPS) is 12.5. The van der Waals surface area contributed by atoms with Crippen molar-refractivity contribution in [2.45, 2.75) is 44.8 Å². The molecule has 0 spiro atoms. The molecule has 0 saturated heterocycles. The van der Waals surface area contributed by atoms with Crippen molar-refractivity contribution in [2.75, 3.05) is 19.6 Å². The maximum Gasteiger partial charge on any atom is 0.416 e. The van der Waals surface area contributed by atoms with Crippen LogP contribution in [0.1, 0.15) is 48.9 Å². The van der Waals surface area contributed by atoms with E-state index in [4.69, 9.17) is 16.7 Å². The van der Waals surface area contributed by atoms with Gasteiger partial charge in [0.1, 0.15) is 0 Å². The molecule has 0 heterocycles. The number of nitrogens with zero attached hydrogens (tertiary/aromatic N) is 1. The first-order valence-corrected chi connectivity index (χ1v) is 11.1. The lowest BCUT2D eigenvalue weighted by Gasteiger charge is -2.29. The van der Waals surface area contributed by atoms with Crippen LogP contribution in [0.2, 0.25) is 5.02 Å². The molecule has 0 aliphatic heterocycles. The largest absolute Gasteiger partial charge is 0.481 e. The van der Waals surface area contributed by atoms with Crippen LogP contribution in [0.5, 0.6) is 0 Å². The summed E-state index contributed by atoms with van der Waals surface area (Å²) in [5.74, 6) is -1.11. The maximum absolute atomic E-state index is 12.6. The Morgan fingerprint density at radius 1 is 1.03 bits per heavy atom. The number of rotatable bonds is 12. The number of alkyl halides is 3. The Hall–Kier alpha value is -2.58. The first-order valence-electron chi connectivity index (χ1n) is 10.7. The fraction of sp³-hybridized carbons (Fsp3) is 0.417.